The van der Waals surface area contributed by atoms with E-state index in [1.54, 1.807) is 38.1 Å². The Hall–Kier alpha value is -3.03. The molecule has 1 aromatic carbocycles. The summed E-state index contributed by atoms with van der Waals surface area (Å²) in [6, 6.07) is 7.06. The van der Waals surface area contributed by atoms with E-state index < -0.39 is 5.97 Å². The molecule has 0 heterocycles. The molecule has 8 heteroatoms. The number of carbonyl (C=O) groups is 1. The smallest absolute Gasteiger partial charge is 0.360 e. The highest BCUT2D eigenvalue weighted by molar-refractivity contribution is 6.44. The molecule has 1 rings (SSSR count). The number of rotatable bonds is 7. The number of hydrogen-bond acceptors (Lipinski definition) is 8. The molecule has 0 aliphatic heterocycles. The summed E-state index contributed by atoms with van der Waals surface area (Å²) in [5.41, 5.74) is 2.41. The normalized spacial score (nSPS) is 13.1. The van der Waals surface area contributed by atoms with Gasteiger partial charge in [0.15, 0.2) is 5.71 Å². The van der Waals surface area contributed by atoms with Gasteiger partial charge >= 0.3 is 5.97 Å². The third-order valence-corrected chi connectivity index (χ3v) is 2.93. The summed E-state index contributed by atoms with van der Waals surface area (Å²) in [5.74, 6) is -0.611. The summed E-state index contributed by atoms with van der Waals surface area (Å²) in [7, 11) is 4.08. The molecule has 0 N–H and O–H groups in total. The van der Waals surface area contributed by atoms with Crippen molar-refractivity contribution in [1.82, 2.24) is 0 Å². The molecule has 0 fully saturated rings. The number of oxime groups is 2. The molecule has 128 valence electrons. The van der Waals surface area contributed by atoms with Crippen molar-refractivity contribution in [2.45, 2.75) is 13.8 Å². The van der Waals surface area contributed by atoms with Crippen molar-refractivity contribution in [2.75, 3.05) is 21.3 Å². The molecule has 0 atom stereocenters. The molecule has 8 nitrogen and oxygen atoms in total. The van der Waals surface area contributed by atoms with Crippen molar-refractivity contribution >= 4 is 29.3 Å². The molecule has 0 bridgehead atoms. The van der Waals surface area contributed by atoms with Gasteiger partial charge < -0.3 is 14.4 Å². The van der Waals surface area contributed by atoms with Gasteiger partial charge in [-0.2, -0.15) is 10.2 Å². The Kier molecular flexibility index (Phi) is 7.83. The fourth-order valence-corrected chi connectivity index (χ4v) is 1.66. The highest BCUT2D eigenvalue weighted by Crippen LogP contribution is 2.10. The number of nitrogens with zero attached hydrogens (tertiary/aromatic N) is 4. The Morgan fingerprint density at radius 3 is 2.29 bits per heavy atom. The molecule has 0 aliphatic rings. The number of ether oxygens (including phenoxy) is 1. The lowest BCUT2D eigenvalue weighted by Gasteiger charge is -2.06. The average Bonchev–Trinajstić information content (AvgIpc) is 2.59. The molecule has 0 spiro atoms. The van der Waals surface area contributed by atoms with Crippen LogP contribution in [0.5, 0.6) is 0 Å². The second kappa shape index (κ2) is 9.88. The number of carbonyl (C=O) groups excluding carboxylic acids is 1. The van der Waals surface area contributed by atoms with Crippen LogP contribution in [0, 0.1) is 0 Å². The molecule has 0 aromatic heterocycles. The van der Waals surface area contributed by atoms with Crippen LogP contribution in [0.3, 0.4) is 0 Å². The van der Waals surface area contributed by atoms with Crippen LogP contribution in [0.2, 0.25) is 0 Å². The standard InChI is InChI=1S/C16H20N4O4/c1-11(12(2)19-23-4)18-17-10-13-8-6-7-9-14(13)15(20-24-5)16(21)22-3/h6-10H,1-5H3/b17-10+,18-11+,19-12+,20-15-. The van der Waals surface area contributed by atoms with Crippen LogP contribution in [0.25, 0.3) is 0 Å². The Morgan fingerprint density at radius 2 is 1.67 bits per heavy atom. The second-order valence-corrected chi connectivity index (χ2v) is 4.49. The topological polar surface area (TPSA) is 94.2 Å². The highest BCUT2D eigenvalue weighted by Gasteiger charge is 2.18. The minimum Gasteiger partial charge on any atom is -0.464 e. The van der Waals surface area contributed by atoms with Crippen LogP contribution in [-0.2, 0) is 19.2 Å². The molecule has 0 saturated heterocycles. The van der Waals surface area contributed by atoms with Gasteiger partial charge in [-0.3, -0.25) is 0 Å². The van der Waals surface area contributed by atoms with Gasteiger partial charge in [-0.15, -0.1) is 0 Å². The molecule has 0 amide bonds. The third-order valence-electron chi connectivity index (χ3n) is 2.93. The first-order chi connectivity index (χ1) is 11.5. The van der Waals surface area contributed by atoms with Gasteiger partial charge in [-0.25, -0.2) is 4.79 Å². The zero-order valence-corrected chi connectivity index (χ0v) is 14.3. The van der Waals surface area contributed by atoms with Crippen LogP contribution in [0.15, 0.2) is 44.8 Å². The zero-order valence-electron chi connectivity index (χ0n) is 14.3. The summed E-state index contributed by atoms with van der Waals surface area (Å²) in [6.07, 6.45) is 1.51. The maximum atomic E-state index is 11.9. The van der Waals surface area contributed by atoms with Crippen molar-refractivity contribution in [3.8, 4) is 0 Å². The monoisotopic (exact) mass is 332 g/mol. The maximum absolute atomic E-state index is 11.9. The number of methoxy groups -OCH3 is 1. The van der Waals surface area contributed by atoms with E-state index in [0.717, 1.165) is 0 Å². The van der Waals surface area contributed by atoms with Crippen molar-refractivity contribution < 1.29 is 19.2 Å². The Bertz CT molecular complexity index is 693. The molecular formula is C16H20N4O4. The van der Waals surface area contributed by atoms with Crippen molar-refractivity contribution in [3.63, 3.8) is 0 Å². The largest absolute Gasteiger partial charge is 0.464 e. The number of benzene rings is 1. The maximum Gasteiger partial charge on any atom is 0.360 e. The minimum atomic E-state index is -0.611. The molecule has 1 aromatic rings. The van der Waals surface area contributed by atoms with Gasteiger partial charge in [-0.1, -0.05) is 34.6 Å². The first kappa shape index (κ1) is 19.0. The quantitative estimate of drug-likeness (QED) is 0.434. The van der Waals surface area contributed by atoms with E-state index in [4.69, 9.17) is 9.57 Å². The zero-order chi connectivity index (χ0) is 17.9. The third kappa shape index (κ3) is 5.31. The van der Waals surface area contributed by atoms with Crippen molar-refractivity contribution in [2.24, 2.45) is 20.5 Å². The molecule has 0 radical (unpaired) electrons. The summed E-state index contributed by atoms with van der Waals surface area (Å²) >= 11 is 0. The Morgan fingerprint density at radius 1 is 1.00 bits per heavy atom. The van der Waals surface area contributed by atoms with Gasteiger partial charge in [0, 0.05) is 11.1 Å². The predicted molar refractivity (Wildman–Crippen MR) is 92.8 cm³/mol. The van der Waals surface area contributed by atoms with Gasteiger partial charge in [0.05, 0.1) is 24.7 Å². The summed E-state index contributed by atoms with van der Waals surface area (Å²) in [4.78, 5) is 21.3. The Labute approximate surface area is 140 Å². The van der Waals surface area contributed by atoms with E-state index >= 15 is 0 Å². The number of hydrogen-bond donors (Lipinski definition) is 0. The van der Waals surface area contributed by atoms with Crippen LogP contribution < -0.4 is 0 Å². The van der Waals surface area contributed by atoms with Gasteiger partial charge in [0.2, 0.25) is 0 Å². The summed E-state index contributed by atoms with van der Waals surface area (Å²) in [5, 5.41) is 15.5. The second-order valence-electron chi connectivity index (χ2n) is 4.49. The van der Waals surface area contributed by atoms with E-state index in [0.29, 0.717) is 22.6 Å². The van der Waals surface area contributed by atoms with E-state index in [-0.39, 0.29) is 5.71 Å². The first-order valence-electron chi connectivity index (χ1n) is 6.99. The van der Waals surface area contributed by atoms with Crippen LogP contribution in [-0.4, -0.2) is 50.6 Å². The molecular weight excluding hydrogens is 312 g/mol. The van der Waals surface area contributed by atoms with E-state index in [2.05, 4.69) is 25.4 Å². The van der Waals surface area contributed by atoms with E-state index in [1.165, 1.54) is 27.5 Å². The fourth-order valence-electron chi connectivity index (χ4n) is 1.66. The van der Waals surface area contributed by atoms with E-state index in [1.807, 2.05) is 0 Å². The van der Waals surface area contributed by atoms with Gasteiger partial charge in [-0.05, 0) is 13.8 Å². The molecule has 0 saturated carbocycles. The highest BCUT2D eigenvalue weighted by atomic mass is 16.6. The number of esters is 1. The van der Waals surface area contributed by atoms with Gasteiger partial charge in [0.25, 0.3) is 0 Å². The first-order valence-corrected chi connectivity index (χ1v) is 6.99. The lowest BCUT2D eigenvalue weighted by atomic mass is 10.0. The Balaban J connectivity index is 3.17. The van der Waals surface area contributed by atoms with Crippen molar-refractivity contribution in [1.29, 1.82) is 0 Å². The lowest BCUT2D eigenvalue weighted by Crippen LogP contribution is -2.19. The van der Waals surface area contributed by atoms with Crippen molar-refractivity contribution in [3.05, 3.63) is 35.4 Å². The van der Waals surface area contributed by atoms with Crippen LogP contribution in [0.4, 0.5) is 0 Å². The van der Waals surface area contributed by atoms with E-state index in [9.17, 15) is 4.79 Å². The fraction of sp³-hybridized carbons (Fsp3) is 0.312. The summed E-state index contributed by atoms with van der Waals surface area (Å²) < 4.78 is 4.72. The SMILES string of the molecule is CO/N=C(\C(=O)OC)c1ccccc1/C=N/N=C(C)/C(C)=N/OC. The molecule has 0 unspecified atom stereocenters. The lowest BCUT2D eigenvalue weighted by molar-refractivity contribution is -0.132. The summed E-state index contributed by atoms with van der Waals surface area (Å²) in [6.45, 7) is 3.51. The minimum absolute atomic E-state index is 0.0416. The predicted octanol–water partition coefficient (Wildman–Crippen LogP) is 2.03. The molecule has 24 heavy (non-hydrogen) atoms. The van der Waals surface area contributed by atoms with Crippen LogP contribution in [0.1, 0.15) is 25.0 Å². The molecule has 0 aliphatic carbocycles. The van der Waals surface area contributed by atoms with Crippen LogP contribution >= 0.6 is 0 Å². The van der Waals surface area contributed by atoms with Gasteiger partial charge in [0.1, 0.15) is 14.2 Å². The average molecular weight is 332 g/mol.